The maximum absolute atomic E-state index is 9.66. The molecule has 0 spiro atoms. The van der Waals surface area contributed by atoms with Crippen molar-refractivity contribution in [2.45, 2.75) is 25.2 Å². The number of benzene rings is 1. The van der Waals surface area contributed by atoms with Crippen molar-refractivity contribution in [3.63, 3.8) is 0 Å². The van der Waals surface area contributed by atoms with E-state index >= 15 is 0 Å². The molecule has 4 nitrogen and oxygen atoms in total. The summed E-state index contributed by atoms with van der Waals surface area (Å²) in [7, 11) is 0. The second-order valence-electron chi connectivity index (χ2n) is 4.39. The largest absolute Gasteiger partial charge is 0.379 e. The Hall–Kier alpha value is -0.940. The molecule has 1 aromatic rings. The van der Waals surface area contributed by atoms with Crippen LogP contribution < -0.4 is 5.73 Å². The second-order valence-corrected chi connectivity index (χ2v) is 4.39. The first-order valence-corrected chi connectivity index (χ1v) is 5.92. The minimum atomic E-state index is -0.859. The van der Waals surface area contributed by atoms with E-state index in [9.17, 15) is 5.11 Å². The van der Waals surface area contributed by atoms with Crippen LogP contribution in [0, 0.1) is 0 Å². The molecule has 1 aromatic carbocycles. The smallest absolute Gasteiger partial charge is 0.181 e. The molecule has 0 aromatic heterocycles. The van der Waals surface area contributed by atoms with Gasteiger partial charge in [-0.05, 0) is 18.9 Å². The summed E-state index contributed by atoms with van der Waals surface area (Å²) in [6, 6.07) is 7.57. The summed E-state index contributed by atoms with van der Waals surface area (Å²) in [5, 5.41) is 9.66. The van der Waals surface area contributed by atoms with Crippen LogP contribution in [0.15, 0.2) is 24.3 Å². The van der Waals surface area contributed by atoms with E-state index in [4.69, 9.17) is 15.2 Å². The fraction of sp³-hybridized carbons (Fsp3) is 0.538. The molecule has 1 heterocycles. The molecule has 94 valence electrons. The molecule has 0 aliphatic carbocycles. The molecule has 0 amide bonds. The fourth-order valence-electron chi connectivity index (χ4n) is 2.04. The Labute approximate surface area is 101 Å². The number of rotatable bonds is 4. The molecular weight excluding hydrogens is 218 g/mol. The van der Waals surface area contributed by atoms with Gasteiger partial charge in [0.15, 0.2) is 6.29 Å². The molecule has 0 saturated carbocycles. The number of hydrogen-bond donors (Lipinski definition) is 2. The van der Waals surface area contributed by atoms with Crippen LogP contribution in [-0.4, -0.2) is 24.9 Å². The Bertz CT molecular complexity index is 357. The van der Waals surface area contributed by atoms with Crippen molar-refractivity contribution in [3.05, 3.63) is 35.4 Å². The molecule has 2 atom stereocenters. The van der Waals surface area contributed by atoms with Crippen molar-refractivity contribution in [1.29, 1.82) is 0 Å². The number of hydrogen-bond acceptors (Lipinski definition) is 4. The maximum atomic E-state index is 9.66. The van der Waals surface area contributed by atoms with Crippen LogP contribution in [0.3, 0.4) is 0 Å². The van der Waals surface area contributed by atoms with Gasteiger partial charge in [0.1, 0.15) is 0 Å². The van der Waals surface area contributed by atoms with Gasteiger partial charge in [0.2, 0.25) is 0 Å². The lowest BCUT2D eigenvalue weighted by atomic mass is 9.90. The van der Waals surface area contributed by atoms with Crippen molar-refractivity contribution in [1.82, 2.24) is 0 Å². The third kappa shape index (κ3) is 2.66. The Kier molecular flexibility index (Phi) is 3.79. The minimum absolute atomic E-state index is 0.380. The molecule has 0 bridgehead atoms. The monoisotopic (exact) mass is 237 g/mol. The van der Waals surface area contributed by atoms with Crippen molar-refractivity contribution in [3.8, 4) is 0 Å². The SMILES string of the molecule is CCOC(O)c1ccc(C2(N)CCOC2)cc1. The van der Waals surface area contributed by atoms with E-state index in [2.05, 4.69) is 0 Å². The van der Waals surface area contributed by atoms with Gasteiger partial charge in [0.05, 0.1) is 12.1 Å². The summed E-state index contributed by atoms with van der Waals surface area (Å²) in [6.07, 6.45) is -0.0250. The summed E-state index contributed by atoms with van der Waals surface area (Å²) >= 11 is 0. The molecule has 2 unspecified atom stereocenters. The van der Waals surface area contributed by atoms with Gasteiger partial charge in [-0.3, -0.25) is 0 Å². The first kappa shape index (κ1) is 12.5. The Morgan fingerprint density at radius 3 is 2.71 bits per heavy atom. The highest BCUT2D eigenvalue weighted by molar-refractivity contribution is 5.29. The Morgan fingerprint density at radius 1 is 1.47 bits per heavy atom. The molecule has 3 N–H and O–H groups in total. The van der Waals surface area contributed by atoms with E-state index in [1.54, 1.807) is 0 Å². The summed E-state index contributed by atoms with van der Waals surface area (Å²) in [6.45, 7) is 3.60. The van der Waals surface area contributed by atoms with Gasteiger partial charge < -0.3 is 20.3 Å². The molecule has 1 fully saturated rings. The zero-order valence-corrected chi connectivity index (χ0v) is 10.1. The van der Waals surface area contributed by atoms with Gasteiger partial charge in [-0.25, -0.2) is 0 Å². The van der Waals surface area contributed by atoms with Crippen LogP contribution in [-0.2, 0) is 15.0 Å². The minimum Gasteiger partial charge on any atom is -0.379 e. The standard InChI is InChI=1S/C13H19NO3/c1-2-17-12(15)10-3-5-11(6-4-10)13(14)7-8-16-9-13/h3-6,12,15H,2,7-9,14H2,1H3. The van der Waals surface area contributed by atoms with Crippen molar-refractivity contribution >= 4 is 0 Å². The lowest BCUT2D eigenvalue weighted by molar-refractivity contribution is -0.0979. The topological polar surface area (TPSA) is 64.7 Å². The first-order chi connectivity index (χ1) is 8.15. The zero-order chi connectivity index (χ0) is 12.3. The average Bonchev–Trinajstić information content (AvgIpc) is 2.78. The number of ether oxygens (including phenoxy) is 2. The molecule has 1 saturated heterocycles. The highest BCUT2D eigenvalue weighted by Crippen LogP contribution is 2.28. The molecule has 0 radical (unpaired) electrons. The van der Waals surface area contributed by atoms with E-state index < -0.39 is 6.29 Å². The highest BCUT2D eigenvalue weighted by Gasteiger charge is 2.32. The summed E-state index contributed by atoms with van der Waals surface area (Å²) in [4.78, 5) is 0. The summed E-state index contributed by atoms with van der Waals surface area (Å²) in [5.74, 6) is 0. The summed E-state index contributed by atoms with van der Waals surface area (Å²) < 4.78 is 10.4. The van der Waals surface area contributed by atoms with E-state index in [1.807, 2.05) is 31.2 Å². The number of nitrogens with two attached hydrogens (primary N) is 1. The van der Waals surface area contributed by atoms with Crippen LogP contribution in [0.25, 0.3) is 0 Å². The van der Waals surface area contributed by atoms with E-state index in [-0.39, 0.29) is 5.54 Å². The predicted octanol–water partition coefficient (Wildman–Crippen LogP) is 1.29. The van der Waals surface area contributed by atoms with Gasteiger partial charge in [-0.15, -0.1) is 0 Å². The third-order valence-electron chi connectivity index (χ3n) is 3.15. The second kappa shape index (κ2) is 5.14. The highest BCUT2D eigenvalue weighted by atomic mass is 16.6. The van der Waals surface area contributed by atoms with E-state index in [0.717, 1.165) is 17.5 Å². The van der Waals surface area contributed by atoms with E-state index in [1.165, 1.54) is 0 Å². The predicted molar refractivity (Wildman–Crippen MR) is 64.3 cm³/mol. The summed E-state index contributed by atoms with van der Waals surface area (Å²) in [5.41, 5.74) is 7.66. The normalized spacial score (nSPS) is 26.1. The van der Waals surface area contributed by atoms with Gasteiger partial charge in [0.25, 0.3) is 0 Å². The molecule has 2 rings (SSSR count). The van der Waals surface area contributed by atoms with Crippen molar-refractivity contribution in [2.24, 2.45) is 5.73 Å². The number of aliphatic hydroxyl groups is 1. The molecule has 1 aliphatic rings. The first-order valence-electron chi connectivity index (χ1n) is 5.92. The van der Waals surface area contributed by atoms with Gasteiger partial charge in [-0.1, -0.05) is 24.3 Å². The average molecular weight is 237 g/mol. The lowest BCUT2D eigenvalue weighted by Crippen LogP contribution is -2.36. The van der Waals surface area contributed by atoms with Crippen molar-refractivity contribution < 1.29 is 14.6 Å². The van der Waals surface area contributed by atoms with Crippen molar-refractivity contribution in [2.75, 3.05) is 19.8 Å². The lowest BCUT2D eigenvalue weighted by Gasteiger charge is -2.22. The zero-order valence-electron chi connectivity index (χ0n) is 10.1. The van der Waals surface area contributed by atoms with Gasteiger partial charge in [0, 0.05) is 18.8 Å². The Morgan fingerprint density at radius 2 is 2.18 bits per heavy atom. The fourth-order valence-corrected chi connectivity index (χ4v) is 2.04. The molecule has 17 heavy (non-hydrogen) atoms. The molecule has 4 heteroatoms. The number of aliphatic hydroxyl groups excluding tert-OH is 1. The van der Waals surface area contributed by atoms with E-state index in [0.29, 0.717) is 19.8 Å². The molecule has 1 aliphatic heterocycles. The van der Waals surface area contributed by atoms with Crippen LogP contribution in [0.4, 0.5) is 0 Å². The third-order valence-corrected chi connectivity index (χ3v) is 3.15. The van der Waals surface area contributed by atoms with Gasteiger partial charge >= 0.3 is 0 Å². The van der Waals surface area contributed by atoms with Gasteiger partial charge in [-0.2, -0.15) is 0 Å². The Balaban J connectivity index is 2.12. The quantitative estimate of drug-likeness (QED) is 0.774. The van der Waals surface area contributed by atoms with Crippen LogP contribution >= 0.6 is 0 Å². The van der Waals surface area contributed by atoms with Crippen LogP contribution in [0.2, 0.25) is 0 Å². The van der Waals surface area contributed by atoms with Crippen LogP contribution in [0.5, 0.6) is 0 Å². The van der Waals surface area contributed by atoms with Crippen LogP contribution in [0.1, 0.15) is 30.8 Å². The molecular formula is C13H19NO3. The maximum Gasteiger partial charge on any atom is 0.181 e.